The average Bonchev–Trinajstić information content (AvgIpc) is 2.15. The van der Waals surface area contributed by atoms with E-state index in [9.17, 15) is 0 Å². The molecule has 1 aliphatic rings. The molecule has 0 saturated carbocycles. The highest BCUT2D eigenvalue weighted by atomic mass is 15.1. The highest BCUT2D eigenvalue weighted by molar-refractivity contribution is 5.57. The summed E-state index contributed by atoms with van der Waals surface area (Å²) < 4.78 is 0. The van der Waals surface area contributed by atoms with E-state index in [4.69, 9.17) is 0 Å². The van der Waals surface area contributed by atoms with Crippen LogP contribution in [0, 0.1) is 0 Å². The van der Waals surface area contributed by atoms with Crippen LogP contribution in [0.3, 0.4) is 0 Å². The molecule has 1 aliphatic heterocycles. The molecule has 1 aromatic rings. The van der Waals surface area contributed by atoms with Crippen molar-refractivity contribution < 1.29 is 0 Å². The van der Waals surface area contributed by atoms with Crippen molar-refractivity contribution in [2.75, 3.05) is 11.9 Å². The third kappa shape index (κ3) is 1.32. The van der Waals surface area contributed by atoms with Gasteiger partial charge in [0.15, 0.2) is 0 Å². The first-order chi connectivity index (χ1) is 6.20. The van der Waals surface area contributed by atoms with Crippen LogP contribution in [0.25, 0.3) is 0 Å². The lowest BCUT2D eigenvalue weighted by atomic mass is 9.88. The zero-order valence-corrected chi connectivity index (χ0v) is 8.62. The van der Waals surface area contributed by atoms with Gasteiger partial charge in [-0.15, -0.1) is 0 Å². The second-order valence-corrected chi connectivity index (χ2v) is 4.16. The van der Waals surface area contributed by atoms with Crippen molar-refractivity contribution in [1.82, 2.24) is 0 Å². The quantitative estimate of drug-likeness (QED) is 0.586. The summed E-state index contributed by atoms with van der Waals surface area (Å²) in [6.07, 6.45) is 1.27. The first kappa shape index (κ1) is 8.61. The molecule has 2 unspecified atom stereocenters. The number of benzene rings is 1. The lowest BCUT2D eigenvalue weighted by Crippen LogP contribution is -2.34. The van der Waals surface area contributed by atoms with Crippen molar-refractivity contribution >= 4 is 5.69 Å². The third-order valence-corrected chi connectivity index (χ3v) is 3.20. The SMILES string of the molecule is CC1CC(C)N(C)c2ccccc21. The topological polar surface area (TPSA) is 3.24 Å². The summed E-state index contributed by atoms with van der Waals surface area (Å²) in [5, 5.41) is 0. The third-order valence-electron chi connectivity index (χ3n) is 3.20. The molecular weight excluding hydrogens is 158 g/mol. The minimum Gasteiger partial charge on any atom is -0.372 e. The zero-order chi connectivity index (χ0) is 9.42. The highest BCUT2D eigenvalue weighted by Crippen LogP contribution is 2.36. The van der Waals surface area contributed by atoms with Crippen molar-refractivity contribution in [2.45, 2.75) is 32.2 Å². The molecule has 0 bridgehead atoms. The summed E-state index contributed by atoms with van der Waals surface area (Å²) >= 11 is 0. The largest absolute Gasteiger partial charge is 0.372 e. The van der Waals surface area contributed by atoms with E-state index >= 15 is 0 Å². The molecule has 0 fully saturated rings. The molecule has 2 atom stereocenters. The van der Waals surface area contributed by atoms with E-state index in [1.165, 1.54) is 17.7 Å². The molecule has 70 valence electrons. The number of hydrogen-bond donors (Lipinski definition) is 0. The van der Waals surface area contributed by atoms with Gasteiger partial charge < -0.3 is 4.90 Å². The molecule has 0 aromatic heterocycles. The van der Waals surface area contributed by atoms with E-state index < -0.39 is 0 Å². The number of anilines is 1. The van der Waals surface area contributed by atoms with Gasteiger partial charge in [-0.1, -0.05) is 25.1 Å². The van der Waals surface area contributed by atoms with Crippen molar-refractivity contribution in [2.24, 2.45) is 0 Å². The summed E-state index contributed by atoms with van der Waals surface area (Å²) in [6, 6.07) is 9.41. The maximum absolute atomic E-state index is 2.38. The molecule has 1 nitrogen and oxygen atoms in total. The van der Waals surface area contributed by atoms with Gasteiger partial charge in [0, 0.05) is 18.8 Å². The second kappa shape index (κ2) is 3.06. The van der Waals surface area contributed by atoms with Crippen molar-refractivity contribution in [1.29, 1.82) is 0 Å². The van der Waals surface area contributed by atoms with E-state index in [1.807, 2.05) is 0 Å². The predicted molar refractivity (Wildman–Crippen MR) is 57.3 cm³/mol. The Morgan fingerprint density at radius 1 is 1.23 bits per heavy atom. The summed E-state index contributed by atoms with van der Waals surface area (Å²) in [5.41, 5.74) is 2.91. The Kier molecular flexibility index (Phi) is 2.03. The van der Waals surface area contributed by atoms with Crippen LogP contribution in [0.15, 0.2) is 24.3 Å². The van der Waals surface area contributed by atoms with E-state index in [-0.39, 0.29) is 0 Å². The van der Waals surface area contributed by atoms with Crippen LogP contribution in [0.4, 0.5) is 5.69 Å². The van der Waals surface area contributed by atoms with Gasteiger partial charge in [0.1, 0.15) is 0 Å². The van der Waals surface area contributed by atoms with Crippen molar-refractivity contribution in [3.05, 3.63) is 29.8 Å². The number of hydrogen-bond acceptors (Lipinski definition) is 1. The summed E-state index contributed by atoms with van der Waals surface area (Å²) in [7, 11) is 2.19. The van der Waals surface area contributed by atoms with Gasteiger partial charge in [0.2, 0.25) is 0 Å². The van der Waals surface area contributed by atoms with E-state index in [0.717, 1.165) is 0 Å². The van der Waals surface area contributed by atoms with Crippen molar-refractivity contribution in [3.63, 3.8) is 0 Å². The fraction of sp³-hybridized carbons (Fsp3) is 0.500. The Labute approximate surface area is 80.4 Å². The van der Waals surface area contributed by atoms with Gasteiger partial charge in [-0.3, -0.25) is 0 Å². The van der Waals surface area contributed by atoms with Crippen LogP contribution in [-0.4, -0.2) is 13.1 Å². The molecule has 0 aliphatic carbocycles. The van der Waals surface area contributed by atoms with E-state index in [2.05, 4.69) is 50.1 Å². The first-order valence-electron chi connectivity index (χ1n) is 5.02. The Morgan fingerprint density at radius 3 is 2.69 bits per heavy atom. The number of fused-ring (bicyclic) bond motifs is 1. The molecule has 0 radical (unpaired) electrons. The van der Waals surface area contributed by atoms with Gasteiger partial charge in [0.25, 0.3) is 0 Å². The Balaban J connectivity index is 2.47. The van der Waals surface area contributed by atoms with Crippen LogP contribution in [0.1, 0.15) is 31.7 Å². The monoisotopic (exact) mass is 175 g/mol. The molecule has 0 saturated heterocycles. The molecule has 2 rings (SSSR count). The average molecular weight is 175 g/mol. The van der Waals surface area contributed by atoms with Crippen LogP contribution < -0.4 is 4.90 Å². The van der Waals surface area contributed by atoms with Gasteiger partial charge in [-0.2, -0.15) is 0 Å². The van der Waals surface area contributed by atoms with Crippen molar-refractivity contribution in [3.8, 4) is 0 Å². The molecule has 0 N–H and O–H groups in total. The van der Waals surface area contributed by atoms with Crippen LogP contribution in [0.5, 0.6) is 0 Å². The Bertz CT molecular complexity index is 306. The van der Waals surface area contributed by atoms with Crippen LogP contribution in [0.2, 0.25) is 0 Å². The highest BCUT2D eigenvalue weighted by Gasteiger charge is 2.24. The molecule has 0 amide bonds. The zero-order valence-electron chi connectivity index (χ0n) is 8.62. The van der Waals surface area contributed by atoms with E-state index in [1.54, 1.807) is 0 Å². The molecule has 1 aromatic carbocycles. The summed E-state index contributed by atoms with van der Waals surface area (Å²) in [4.78, 5) is 2.38. The number of para-hydroxylation sites is 1. The Morgan fingerprint density at radius 2 is 1.92 bits per heavy atom. The number of rotatable bonds is 0. The molecule has 13 heavy (non-hydrogen) atoms. The second-order valence-electron chi connectivity index (χ2n) is 4.16. The Hall–Kier alpha value is -0.980. The lowest BCUT2D eigenvalue weighted by Gasteiger charge is -2.37. The number of nitrogens with zero attached hydrogens (tertiary/aromatic N) is 1. The predicted octanol–water partition coefficient (Wildman–Crippen LogP) is 3.02. The summed E-state index contributed by atoms with van der Waals surface area (Å²) in [6.45, 7) is 4.62. The van der Waals surface area contributed by atoms with Gasteiger partial charge in [0.05, 0.1) is 0 Å². The maximum atomic E-state index is 2.38. The van der Waals surface area contributed by atoms with Gasteiger partial charge >= 0.3 is 0 Å². The molecular formula is C12H17N. The maximum Gasteiger partial charge on any atom is 0.0401 e. The smallest absolute Gasteiger partial charge is 0.0401 e. The molecule has 1 heterocycles. The first-order valence-corrected chi connectivity index (χ1v) is 5.02. The minimum absolute atomic E-state index is 0.671. The van der Waals surface area contributed by atoms with Crippen LogP contribution in [-0.2, 0) is 0 Å². The van der Waals surface area contributed by atoms with E-state index in [0.29, 0.717) is 12.0 Å². The molecule has 1 heteroatoms. The van der Waals surface area contributed by atoms with Crippen LogP contribution >= 0.6 is 0 Å². The lowest BCUT2D eigenvalue weighted by molar-refractivity contribution is 0.533. The fourth-order valence-corrected chi connectivity index (χ4v) is 2.26. The van der Waals surface area contributed by atoms with Gasteiger partial charge in [-0.25, -0.2) is 0 Å². The normalized spacial score (nSPS) is 27.2. The standard InChI is InChI=1S/C12H17N/c1-9-8-10(2)13(3)12-7-5-4-6-11(9)12/h4-7,9-10H,8H2,1-3H3. The summed E-state index contributed by atoms with van der Waals surface area (Å²) in [5.74, 6) is 0.711. The fourth-order valence-electron chi connectivity index (χ4n) is 2.26. The van der Waals surface area contributed by atoms with Gasteiger partial charge in [-0.05, 0) is 30.9 Å². The molecule has 0 spiro atoms. The minimum atomic E-state index is 0.671.